The van der Waals surface area contributed by atoms with Gasteiger partial charge in [0, 0.05) is 12.8 Å². The van der Waals surface area contributed by atoms with Gasteiger partial charge in [-0.3, -0.25) is 4.79 Å². The minimum Gasteiger partial charge on any atom is -0.455 e. The Bertz CT molecular complexity index is 1130. The number of Topliss-reactive ketones (excluding diaryl/α,β-unsaturated/α-hetero) is 1. The van der Waals surface area contributed by atoms with Gasteiger partial charge in [0.1, 0.15) is 54.9 Å². The highest BCUT2D eigenvalue weighted by Gasteiger charge is 2.57. The van der Waals surface area contributed by atoms with Gasteiger partial charge in [-0.2, -0.15) is 0 Å². The van der Waals surface area contributed by atoms with Crippen molar-refractivity contribution in [2.45, 2.75) is 192 Å². The van der Waals surface area contributed by atoms with Crippen molar-refractivity contribution in [3.8, 4) is 0 Å². The van der Waals surface area contributed by atoms with E-state index in [0.717, 1.165) is 0 Å². The van der Waals surface area contributed by atoms with E-state index in [0.29, 0.717) is 18.8 Å². The zero-order valence-corrected chi connectivity index (χ0v) is 33.2. The number of rotatable bonds is 6. The lowest BCUT2D eigenvalue weighted by molar-refractivity contribution is -0.227. The van der Waals surface area contributed by atoms with Gasteiger partial charge in [0.25, 0.3) is 0 Å². The zero-order chi connectivity index (χ0) is 41.5. The van der Waals surface area contributed by atoms with E-state index < -0.39 is 91.4 Å². The van der Waals surface area contributed by atoms with Crippen LogP contribution in [0.3, 0.4) is 0 Å². The molecule has 17 heteroatoms. The summed E-state index contributed by atoms with van der Waals surface area (Å²) in [6.45, 7) is 18.4. The molecule has 18 atom stereocenters. The number of aliphatic hydroxyl groups is 10. The molecule has 0 bridgehead atoms. The molecule has 0 amide bonds. The smallest absolute Gasteiger partial charge is 0.338 e. The molecule has 54 heavy (non-hydrogen) atoms. The van der Waals surface area contributed by atoms with Crippen LogP contribution in [-0.4, -0.2) is 179 Å². The lowest BCUT2D eigenvalue weighted by Gasteiger charge is -2.41. The topological polar surface area (TPSA) is 283 Å². The van der Waals surface area contributed by atoms with Crippen LogP contribution in [0.25, 0.3) is 0 Å². The third-order valence-corrected chi connectivity index (χ3v) is 10.5. The fourth-order valence-electron chi connectivity index (χ4n) is 6.89. The van der Waals surface area contributed by atoms with Crippen molar-refractivity contribution in [1.82, 2.24) is 0 Å². The van der Waals surface area contributed by atoms with Crippen molar-refractivity contribution < 1.29 is 84.3 Å². The third-order valence-electron chi connectivity index (χ3n) is 10.5. The minimum atomic E-state index is -1.35. The Morgan fingerprint density at radius 1 is 0.611 bits per heavy atom. The lowest BCUT2D eigenvalue weighted by atomic mass is 9.88. The van der Waals surface area contributed by atoms with Crippen LogP contribution in [0.1, 0.15) is 82.1 Å². The molecule has 0 aromatic rings. The van der Waals surface area contributed by atoms with E-state index in [-0.39, 0.29) is 54.6 Å². The summed E-state index contributed by atoms with van der Waals surface area (Å²) in [5, 5.41) is 94.4. The van der Waals surface area contributed by atoms with Crippen molar-refractivity contribution in [2.24, 2.45) is 23.7 Å². The fraction of sp³-hybridized carbons (Fsp3) is 0.946. The van der Waals surface area contributed by atoms with E-state index >= 15 is 0 Å². The first kappa shape index (κ1) is 48.7. The largest absolute Gasteiger partial charge is 0.455 e. The van der Waals surface area contributed by atoms with Crippen LogP contribution in [0.2, 0.25) is 0 Å². The molecule has 0 radical (unpaired) electrons. The molecule has 0 aliphatic carbocycles. The number of hydrogen-bond acceptors (Lipinski definition) is 17. The molecule has 17 nitrogen and oxygen atoms in total. The van der Waals surface area contributed by atoms with Crippen molar-refractivity contribution in [1.29, 1.82) is 0 Å². The summed E-state index contributed by atoms with van der Waals surface area (Å²) in [6, 6.07) is 0. The van der Waals surface area contributed by atoms with E-state index in [4.69, 9.17) is 28.8 Å². The number of fused-ring (bicyclic) bond motifs is 1. The average Bonchev–Trinajstić information content (AvgIpc) is 3.57. The second-order valence-corrected chi connectivity index (χ2v) is 16.3. The molecule has 5 saturated heterocycles. The second kappa shape index (κ2) is 21.4. The highest BCUT2D eigenvalue weighted by Crippen LogP contribution is 2.35. The molecule has 0 aromatic heterocycles. The van der Waals surface area contributed by atoms with Gasteiger partial charge < -0.3 is 74.7 Å². The molecular formula is C37H68O17. The van der Waals surface area contributed by atoms with Gasteiger partial charge in [0.15, 0.2) is 18.0 Å². The molecule has 5 unspecified atom stereocenters. The van der Waals surface area contributed by atoms with Crippen molar-refractivity contribution in [3.05, 3.63) is 0 Å². The Labute approximate surface area is 318 Å². The summed E-state index contributed by atoms with van der Waals surface area (Å²) in [6.07, 6.45) is -12.4. The summed E-state index contributed by atoms with van der Waals surface area (Å²) < 4.78 is 26.5. The molecule has 5 aliphatic rings. The number of carbonyl (C=O) groups is 2. The standard InChI is InChI=1S/C10H18O5.C9H14O5.C9H18O4.C9H18O3/c1-4(2)9-7(13)6(12)8(14)10(15-9)5(3)11;1-3(2)6-4(10)7-8(13-6)5(11)9(12)14-7;1-5(2)7-3-6(11)9(12)8(4-10)13-7;1-5(2)8-4-7(10)9(11)6(3)12-8/h4,6-10,12-14H,1-3H3;3-8,10-11H,1-2H3;5-12H,3-4H2,1-2H3;5-11H,4H2,1-3H3/t6-,7?,8-,9+,10?;4-,5+,6+,7?,8-;6-,7-,8?,9-;6?,7-,8-,9-/m1111/s1. The number of carbonyl (C=O) groups excluding carboxylic acids is 2. The molecular weight excluding hydrogens is 716 g/mol. The Kier molecular flexibility index (Phi) is 19.3. The van der Waals surface area contributed by atoms with Crippen LogP contribution in [0.4, 0.5) is 0 Å². The van der Waals surface area contributed by atoms with E-state index in [1.807, 2.05) is 41.5 Å². The quantitative estimate of drug-likeness (QED) is 0.133. The van der Waals surface area contributed by atoms with Crippen molar-refractivity contribution in [2.75, 3.05) is 6.61 Å². The van der Waals surface area contributed by atoms with Crippen LogP contribution >= 0.6 is 0 Å². The molecule has 0 saturated carbocycles. The highest BCUT2D eigenvalue weighted by atomic mass is 16.6. The molecule has 5 aliphatic heterocycles. The molecule has 10 N–H and O–H groups in total. The summed E-state index contributed by atoms with van der Waals surface area (Å²) in [4.78, 5) is 22.1. The highest BCUT2D eigenvalue weighted by molar-refractivity contribution is 5.81. The summed E-state index contributed by atoms with van der Waals surface area (Å²) >= 11 is 0. The summed E-state index contributed by atoms with van der Waals surface area (Å²) in [5.74, 6) is -0.281. The molecule has 318 valence electrons. The lowest BCUT2D eigenvalue weighted by Crippen LogP contribution is -2.60. The normalized spacial score (nSPS) is 43.4. The monoisotopic (exact) mass is 784 g/mol. The third kappa shape index (κ3) is 12.3. The number of esters is 1. The van der Waals surface area contributed by atoms with Gasteiger partial charge in [0.05, 0.1) is 49.3 Å². The number of ether oxygens (including phenoxy) is 5. The SMILES string of the molecule is CC(=O)C1O[C@@H](C(C)C)C(O)[C@@H](O)[C@H]1O.CC(C)[C@@H]1O[C@H]2C(OC(=O)[C@H]2O)[C@@H]1O.CC(C)[C@H]1C[C@@H](O)[C@@H](O)C(CO)O1.CC1O[C@@H](C(C)C)C[C@@H](O)[C@@H]1O. The second-order valence-electron chi connectivity index (χ2n) is 16.3. The van der Waals surface area contributed by atoms with Gasteiger partial charge >= 0.3 is 5.97 Å². The maximum Gasteiger partial charge on any atom is 0.338 e. The van der Waals surface area contributed by atoms with Crippen LogP contribution < -0.4 is 0 Å². The molecule has 5 fully saturated rings. The fourth-order valence-corrected chi connectivity index (χ4v) is 6.89. The van der Waals surface area contributed by atoms with Crippen LogP contribution in [0.5, 0.6) is 0 Å². The number of aliphatic hydroxyl groups excluding tert-OH is 10. The minimum absolute atomic E-state index is 0.0380. The predicted octanol–water partition coefficient (Wildman–Crippen LogP) is -1.81. The molecule has 0 spiro atoms. The molecule has 5 heterocycles. The molecule has 0 aromatic carbocycles. The maximum absolute atomic E-state index is 11.2. The van der Waals surface area contributed by atoms with Crippen molar-refractivity contribution >= 4 is 11.8 Å². The number of hydrogen-bond donors (Lipinski definition) is 10. The molecule has 5 rings (SSSR count). The Morgan fingerprint density at radius 2 is 1.09 bits per heavy atom. The van der Waals surface area contributed by atoms with Gasteiger partial charge in [-0.15, -0.1) is 0 Å². The van der Waals surface area contributed by atoms with Crippen molar-refractivity contribution in [3.63, 3.8) is 0 Å². The van der Waals surface area contributed by atoms with Gasteiger partial charge in [0.2, 0.25) is 0 Å². The van der Waals surface area contributed by atoms with E-state index in [1.54, 1.807) is 6.92 Å². The van der Waals surface area contributed by atoms with E-state index in [1.165, 1.54) is 6.92 Å². The van der Waals surface area contributed by atoms with E-state index in [9.17, 15) is 55.5 Å². The Balaban J connectivity index is 0.000000250. The predicted molar refractivity (Wildman–Crippen MR) is 191 cm³/mol. The average molecular weight is 785 g/mol. The van der Waals surface area contributed by atoms with Gasteiger partial charge in [-0.1, -0.05) is 55.4 Å². The summed E-state index contributed by atoms with van der Waals surface area (Å²) in [5.41, 5.74) is 0. The first-order chi connectivity index (χ1) is 25.0. The van der Waals surface area contributed by atoms with Gasteiger partial charge in [-0.25, -0.2) is 4.79 Å². The van der Waals surface area contributed by atoms with Gasteiger partial charge in [-0.05, 0) is 37.5 Å². The Morgan fingerprint density at radius 3 is 1.52 bits per heavy atom. The Hall–Kier alpha value is -1.42. The first-order valence-corrected chi connectivity index (χ1v) is 19.0. The maximum atomic E-state index is 11.2. The summed E-state index contributed by atoms with van der Waals surface area (Å²) in [7, 11) is 0. The zero-order valence-electron chi connectivity index (χ0n) is 33.2. The number of ketones is 1. The van der Waals surface area contributed by atoms with Crippen LogP contribution in [0, 0.1) is 23.7 Å². The van der Waals surface area contributed by atoms with Crippen LogP contribution in [0.15, 0.2) is 0 Å². The van der Waals surface area contributed by atoms with E-state index in [2.05, 4.69) is 13.8 Å². The first-order valence-electron chi connectivity index (χ1n) is 19.0. The van der Waals surface area contributed by atoms with Crippen LogP contribution in [-0.2, 0) is 33.3 Å².